The number of anilines is 3. The Kier molecular flexibility index (Phi) is 6.86. The van der Waals surface area contributed by atoms with Crippen molar-refractivity contribution in [3.05, 3.63) is 63.7 Å². The minimum atomic E-state index is -0.234. The summed E-state index contributed by atoms with van der Waals surface area (Å²) >= 11 is 0. The van der Waals surface area contributed by atoms with Crippen molar-refractivity contribution in [1.82, 2.24) is 20.3 Å². The molecule has 0 saturated carbocycles. The molecule has 0 unspecified atom stereocenters. The van der Waals surface area contributed by atoms with E-state index in [1.807, 2.05) is 44.2 Å². The lowest BCUT2D eigenvalue weighted by molar-refractivity contribution is 0.122. The van der Waals surface area contributed by atoms with Crippen LogP contribution >= 0.6 is 0 Å². The molecule has 10 heteroatoms. The monoisotopic (exact) mass is 489 g/mol. The topological polar surface area (TPSA) is 115 Å². The van der Waals surface area contributed by atoms with Crippen molar-refractivity contribution in [2.45, 2.75) is 26.8 Å². The molecule has 2 aliphatic heterocycles. The lowest BCUT2D eigenvalue weighted by Crippen LogP contribution is -2.39. The number of aromatic amines is 1. The third kappa shape index (κ3) is 5.03. The Bertz CT molecular complexity index is 1300. The number of aromatic nitrogens is 3. The number of urea groups is 1. The molecule has 2 amide bonds. The van der Waals surface area contributed by atoms with E-state index in [1.54, 1.807) is 6.20 Å². The molecule has 1 fully saturated rings. The van der Waals surface area contributed by atoms with Crippen LogP contribution in [0.1, 0.15) is 23.7 Å². The highest BCUT2D eigenvalue weighted by Crippen LogP contribution is 2.32. The molecule has 10 nitrogen and oxygen atoms in total. The molecule has 4 heterocycles. The number of pyridine rings is 1. The van der Waals surface area contributed by atoms with E-state index in [1.165, 1.54) is 5.56 Å². The molecule has 3 aromatic rings. The Labute approximate surface area is 209 Å². The molecule has 0 radical (unpaired) electrons. The molecule has 2 aromatic heterocycles. The molecule has 188 valence electrons. The number of ether oxygens (including phenoxy) is 1. The molecule has 0 atom stereocenters. The van der Waals surface area contributed by atoms with E-state index in [2.05, 4.69) is 25.4 Å². The van der Waals surface area contributed by atoms with E-state index in [0.29, 0.717) is 43.4 Å². The number of morpholine rings is 1. The van der Waals surface area contributed by atoms with Crippen LogP contribution in [0.2, 0.25) is 0 Å². The quantitative estimate of drug-likeness (QED) is 0.505. The summed E-state index contributed by atoms with van der Waals surface area (Å²) < 4.78 is 5.58. The number of rotatable bonds is 5. The van der Waals surface area contributed by atoms with Gasteiger partial charge in [0.1, 0.15) is 5.82 Å². The van der Waals surface area contributed by atoms with Crippen LogP contribution in [0, 0.1) is 6.92 Å². The van der Waals surface area contributed by atoms with Gasteiger partial charge in [-0.25, -0.2) is 14.8 Å². The molecule has 36 heavy (non-hydrogen) atoms. The Morgan fingerprint density at radius 1 is 1.11 bits per heavy atom. The molecule has 0 spiro atoms. The molecule has 0 bridgehead atoms. The minimum absolute atomic E-state index is 0.0690. The van der Waals surface area contributed by atoms with Crippen molar-refractivity contribution in [2.75, 3.05) is 54.5 Å². The SMILES string of the molecule is CCNC(=O)Nc1ccc(-c2nc3c(c(N4CCOCC4)n2)CCN(c2c[nH]c(=O)c(C)c2)C3)cc1. The first-order valence-corrected chi connectivity index (χ1v) is 12.3. The van der Waals surface area contributed by atoms with Gasteiger partial charge in [-0.1, -0.05) is 0 Å². The van der Waals surface area contributed by atoms with Gasteiger partial charge in [-0.05, 0) is 50.6 Å². The molecule has 2 aliphatic rings. The van der Waals surface area contributed by atoms with E-state index >= 15 is 0 Å². The van der Waals surface area contributed by atoms with Gasteiger partial charge in [0.15, 0.2) is 5.82 Å². The van der Waals surface area contributed by atoms with Crippen molar-refractivity contribution < 1.29 is 9.53 Å². The zero-order valence-corrected chi connectivity index (χ0v) is 20.6. The van der Waals surface area contributed by atoms with Crippen LogP contribution in [-0.2, 0) is 17.7 Å². The fraction of sp³-hybridized carbons (Fsp3) is 0.385. The normalized spacial score (nSPS) is 15.4. The Hall–Kier alpha value is -3.92. The van der Waals surface area contributed by atoms with E-state index < -0.39 is 0 Å². The number of aryl methyl sites for hydroxylation is 1. The van der Waals surface area contributed by atoms with Crippen LogP contribution < -0.4 is 26.0 Å². The summed E-state index contributed by atoms with van der Waals surface area (Å²) in [6.07, 6.45) is 2.58. The van der Waals surface area contributed by atoms with Crippen LogP contribution in [0.25, 0.3) is 11.4 Å². The minimum Gasteiger partial charge on any atom is -0.378 e. The third-order valence-corrected chi connectivity index (χ3v) is 6.53. The molecule has 1 saturated heterocycles. The molecule has 0 aliphatic carbocycles. The summed E-state index contributed by atoms with van der Waals surface area (Å²) in [5, 5.41) is 5.55. The maximum atomic E-state index is 11.9. The summed E-state index contributed by atoms with van der Waals surface area (Å²) in [6.45, 7) is 8.65. The van der Waals surface area contributed by atoms with Crippen molar-refractivity contribution in [3.63, 3.8) is 0 Å². The second-order valence-electron chi connectivity index (χ2n) is 9.00. The van der Waals surface area contributed by atoms with Crippen molar-refractivity contribution in [1.29, 1.82) is 0 Å². The zero-order chi connectivity index (χ0) is 25.1. The lowest BCUT2D eigenvalue weighted by Gasteiger charge is -2.35. The van der Waals surface area contributed by atoms with Gasteiger partial charge in [0.25, 0.3) is 5.56 Å². The second kappa shape index (κ2) is 10.4. The van der Waals surface area contributed by atoms with Gasteiger partial charge < -0.3 is 30.2 Å². The highest BCUT2D eigenvalue weighted by atomic mass is 16.5. The average Bonchev–Trinajstić information content (AvgIpc) is 2.90. The number of amides is 2. The smallest absolute Gasteiger partial charge is 0.319 e. The van der Waals surface area contributed by atoms with Gasteiger partial charge in [0.2, 0.25) is 0 Å². The fourth-order valence-electron chi connectivity index (χ4n) is 4.60. The second-order valence-corrected chi connectivity index (χ2v) is 9.00. The Morgan fingerprint density at radius 2 is 1.89 bits per heavy atom. The van der Waals surface area contributed by atoms with E-state index in [4.69, 9.17) is 14.7 Å². The van der Waals surface area contributed by atoms with Gasteiger partial charge >= 0.3 is 6.03 Å². The van der Waals surface area contributed by atoms with Crippen molar-refractivity contribution >= 4 is 23.2 Å². The van der Waals surface area contributed by atoms with Crippen LogP contribution in [0.4, 0.5) is 22.0 Å². The summed E-state index contributed by atoms with van der Waals surface area (Å²) in [5.74, 6) is 1.62. The largest absolute Gasteiger partial charge is 0.378 e. The standard InChI is InChI=1S/C26H31N7O3/c1-3-27-26(35)29-19-6-4-18(5-7-19)23-30-22-16-33(20-14-17(2)25(34)28-15-20)9-8-21(22)24(31-23)32-10-12-36-13-11-32/h4-7,14-15H,3,8-13,16H2,1-2H3,(H,28,34)(H2,27,29,35). The van der Waals surface area contributed by atoms with Gasteiger partial charge in [-0.2, -0.15) is 0 Å². The first-order valence-electron chi connectivity index (χ1n) is 12.3. The van der Waals surface area contributed by atoms with Gasteiger partial charge in [-0.3, -0.25) is 4.79 Å². The number of carbonyl (C=O) groups is 1. The zero-order valence-electron chi connectivity index (χ0n) is 20.6. The number of benzene rings is 1. The molecule has 1 aromatic carbocycles. The maximum absolute atomic E-state index is 11.9. The van der Waals surface area contributed by atoms with Gasteiger partial charge in [0.05, 0.1) is 31.1 Å². The summed E-state index contributed by atoms with van der Waals surface area (Å²) in [5.41, 5.74) is 5.35. The average molecular weight is 490 g/mol. The molecule has 5 rings (SSSR count). The van der Waals surface area contributed by atoms with E-state index in [9.17, 15) is 9.59 Å². The number of H-pyrrole nitrogens is 1. The molecular weight excluding hydrogens is 458 g/mol. The fourth-order valence-corrected chi connectivity index (χ4v) is 4.60. The first kappa shape index (κ1) is 23.8. The van der Waals surface area contributed by atoms with E-state index in [-0.39, 0.29) is 11.6 Å². The maximum Gasteiger partial charge on any atom is 0.319 e. The summed E-state index contributed by atoms with van der Waals surface area (Å²) in [6, 6.07) is 9.27. The van der Waals surface area contributed by atoms with Crippen LogP contribution in [0.3, 0.4) is 0 Å². The number of fused-ring (bicyclic) bond motifs is 1. The van der Waals surface area contributed by atoms with Crippen molar-refractivity contribution in [3.8, 4) is 11.4 Å². The number of nitrogens with zero attached hydrogens (tertiary/aromatic N) is 4. The lowest BCUT2D eigenvalue weighted by atomic mass is 10.0. The number of carbonyl (C=O) groups excluding carboxylic acids is 1. The first-order chi connectivity index (χ1) is 17.5. The summed E-state index contributed by atoms with van der Waals surface area (Å²) in [4.78, 5) is 41.1. The van der Waals surface area contributed by atoms with Crippen LogP contribution in [-0.4, -0.2) is 60.4 Å². The highest BCUT2D eigenvalue weighted by Gasteiger charge is 2.27. The predicted molar refractivity (Wildman–Crippen MR) is 140 cm³/mol. The molecule has 3 N–H and O–H groups in total. The highest BCUT2D eigenvalue weighted by molar-refractivity contribution is 5.89. The van der Waals surface area contributed by atoms with E-state index in [0.717, 1.165) is 48.8 Å². The number of hydrogen-bond donors (Lipinski definition) is 3. The summed E-state index contributed by atoms with van der Waals surface area (Å²) in [7, 11) is 0. The van der Waals surface area contributed by atoms with Crippen molar-refractivity contribution in [2.24, 2.45) is 0 Å². The number of nitrogens with one attached hydrogen (secondary N) is 3. The Morgan fingerprint density at radius 3 is 2.61 bits per heavy atom. The van der Waals surface area contributed by atoms with Crippen LogP contribution in [0.15, 0.2) is 41.3 Å². The molecular formula is C26H31N7O3. The predicted octanol–water partition coefficient (Wildman–Crippen LogP) is 2.68. The van der Waals surface area contributed by atoms with Gasteiger partial charge in [0, 0.05) is 54.8 Å². The van der Waals surface area contributed by atoms with Crippen LogP contribution in [0.5, 0.6) is 0 Å². The third-order valence-electron chi connectivity index (χ3n) is 6.53. The number of hydrogen-bond acceptors (Lipinski definition) is 7. The van der Waals surface area contributed by atoms with Gasteiger partial charge in [-0.15, -0.1) is 0 Å². The Balaban J connectivity index is 1.48.